The second kappa shape index (κ2) is 2.96. The molecule has 1 aliphatic carbocycles. The second-order valence-electron chi connectivity index (χ2n) is 1.77. The zero-order chi connectivity index (χ0) is 7.40. The topological polar surface area (TPSA) is 38.7 Å². The van der Waals surface area contributed by atoms with E-state index in [1.54, 1.807) is 12.2 Å². The van der Waals surface area contributed by atoms with Crippen LogP contribution in [0.2, 0.25) is 0 Å². The summed E-state index contributed by atoms with van der Waals surface area (Å²) in [6.45, 7) is 0. The van der Waals surface area contributed by atoms with E-state index in [0.29, 0.717) is 5.71 Å². The quantitative estimate of drug-likeness (QED) is 0.394. The molecule has 0 spiro atoms. The minimum absolute atomic E-state index is 0.0185. The van der Waals surface area contributed by atoms with Crippen molar-refractivity contribution < 1.29 is 9.63 Å². The molecule has 52 valence electrons. The maximum absolute atomic E-state index is 10.5. The summed E-state index contributed by atoms with van der Waals surface area (Å²) in [7, 11) is 1.46. The van der Waals surface area contributed by atoms with Gasteiger partial charge in [0, 0.05) is 0 Å². The number of hydrogen-bond donors (Lipinski definition) is 0. The fourth-order valence-corrected chi connectivity index (χ4v) is 0.612. The Balaban J connectivity index is 2.71. The summed E-state index contributed by atoms with van der Waals surface area (Å²) < 4.78 is 0. The number of allylic oxidation sites excluding steroid dienone is 4. The van der Waals surface area contributed by atoms with E-state index in [1.165, 1.54) is 19.3 Å². The number of hydrogen-bond acceptors (Lipinski definition) is 3. The minimum atomic E-state index is -0.0185. The summed E-state index contributed by atoms with van der Waals surface area (Å²) in [5.74, 6) is -0.0185. The van der Waals surface area contributed by atoms with E-state index in [0.717, 1.165) is 0 Å². The highest BCUT2D eigenvalue weighted by atomic mass is 16.6. The number of nitrogens with zero attached hydrogens (tertiary/aromatic N) is 1. The summed E-state index contributed by atoms with van der Waals surface area (Å²) in [6, 6.07) is 0. The van der Waals surface area contributed by atoms with Crippen molar-refractivity contribution >= 4 is 11.5 Å². The van der Waals surface area contributed by atoms with Crippen molar-refractivity contribution in [1.29, 1.82) is 0 Å². The molecule has 0 aromatic heterocycles. The Labute approximate surface area is 58.7 Å². The van der Waals surface area contributed by atoms with Crippen molar-refractivity contribution in [3.63, 3.8) is 0 Å². The Morgan fingerprint density at radius 3 is 2.40 bits per heavy atom. The third-order valence-electron chi connectivity index (χ3n) is 1.03. The predicted octanol–water partition coefficient (Wildman–Crippen LogP) is 0.684. The molecule has 0 amide bonds. The van der Waals surface area contributed by atoms with Crippen molar-refractivity contribution in [3.05, 3.63) is 24.3 Å². The van der Waals surface area contributed by atoms with Crippen molar-refractivity contribution in [2.45, 2.75) is 0 Å². The Hall–Kier alpha value is -1.38. The highest BCUT2D eigenvalue weighted by Gasteiger charge is 1.98. The molecule has 3 nitrogen and oxygen atoms in total. The van der Waals surface area contributed by atoms with Gasteiger partial charge in [0.15, 0.2) is 5.78 Å². The first-order valence-corrected chi connectivity index (χ1v) is 2.84. The largest absolute Gasteiger partial charge is 0.399 e. The molecule has 10 heavy (non-hydrogen) atoms. The molecule has 0 heterocycles. The van der Waals surface area contributed by atoms with Crippen LogP contribution in [-0.2, 0) is 9.63 Å². The van der Waals surface area contributed by atoms with Crippen LogP contribution in [0.3, 0.4) is 0 Å². The molecule has 0 saturated carbocycles. The van der Waals surface area contributed by atoms with Gasteiger partial charge in [-0.15, -0.1) is 0 Å². The highest BCUT2D eigenvalue weighted by Crippen LogP contribution is 1.94. The van der Waals surface area contributed by atoms with Gasteiger partial charge in [-0.1, -0.05) is 5.16 Å². The monoisotopic (exact) mass is 137 g/mol. The van der Waals surface area contributed by atoms with Crippen LogP contribution < -0.4 is 0 Å². The first-order valence-electron chi connectivity index (χ1n) is 2.84. The number of rotatable bonds is 1. The van der Waals surface area contributed by atoms with Crippen LogP contribution in [0.25, 0.3) is 0 Å². The molecule has 1 aliphatic rings. The summed E-state index contributed by atoms with van der Waals surface area (Å²) >= 11 is 0. The van der Waals surface area contributed by atoms with Crippen molar-refractivity contribution in [3.8, 4) is 0 Å². The van der Waals surface area contributed by atoms with Crippen LogP contribution in [0.4, 0.5) is 0 Å². The van der Waals surface area contributed by atoms with Crippen LogP contribution in [-0.4, -0.2) is 18.6 Å². The van der Waals surface area contributed by atoms with Crippen molar-refractivity contribution in [2.24, 2.45) is 5.16 Å². The summed E-state index contributed by atoms with van der Waals surface area (Å²) in [5, 5.41) is 3.61. The van der Waals surface area contributed by atoms with Gasteiger partial charge in [-0.2, -0.15) is 0 Å². The van der Waals surface area contributed by atoms with Gasteiger partial charge in [0.05, 0.1) is 0 Å². The van der Waals surface area contributed by atoms with Crippen molar-refractivity contribution in [1.82, 2.24) is 0 Å². The molecule has 0 aliphatic heterocycles. The van der Waals surface area contributed by atoms with Gasteiger partial charge in [-0.3, -0.25) is 4.79 Å². The van der Waals surface area contributed by atoms with E-state index in [1.807, 2.05) is 0 Å². The lowest BCUT2D eigenvalue weighted by atomic mass is 10.2. The van der Waals surface area contributed by atoms with Crippen LogP contribution in [0.5, 0.6) is 0 Å². The van der Waals surface area contributed by atoms with Crippen molar-refractivity contribution in [2.75, 3.05) is 7.11 Å². The standard InChI is InChI=1S/C7H7NO2/c1-10-8-6-2-4-7(9)5-3-6/h2-5H,1H3. The zero-order valence-corrected chi connectivity index (χ0v) is 5.57. The van der Waals surface area contributed by atoms with Gasteiger partial charge in [-0.25, -0.2) is 0 Å². The van der Waals surface area contributed by atoms with Gasteiger partial charge in [0.25, 0.3) is 0 Å². The van der Waals surface area contributed by atoms with Gasteiger partial charge in [0.2, 0.25) is 0 Å². The van der Waals surface area contributed by atoms with E-state index in [4.69, 9.17) is 0 Å². The molecule has 0 saturated heterocycles. The summed E-state index contributed by atoms with van der Waals surface area (Å²) in [5.41, 5.74) is 0.655. The minimum Gasteiger partial charge on any atom is -0.399 e. The average molecular weight is 137 g/mol. The average Bonchev–Trinajstić information content (AvgIpc) is 1.95. The molecule has 0 bridgehead atoms. The fourth-order valence-electron chi connectivity index (χ4n) is 0.612. The SMILES string of the molecule is CON=C1C=CC(=O)C=C1. The third-order valence-corrected chi connectivity index (χ3v) is 1.03. The Morgan fingerprint density at radius 2 is 1.90 bits per heavy atom. The van der Waals surface area contributed by atoms with Crippen LogP contribution in [0, 0.1) is 0 Å². The van der Waals surface area contributed by atoms with E-state index in [9.17, 15) is 4.79 Å². The number of carbonyl (C=O) groups excluding carboxylic acids is 1. The van der Waals surface area contributed by atoms with Crippen LogP contribution >= 0.6 is 0 Å². The normalized spacial score (nSPS) is 15.7. The fraction of sp³-hybridized carbons (Fsp3) is 0.143. The number of carbonyl (C=O) groups is 1. The molecule has 3 heteroatoms. The molecule has 1 rings (SSSR count). The maximum Gasteiger partial charge on any atom is 0.178 e. The summed E-state index contributed by atoms with van der Waals surface area (Å²) in [6.07, 6.45) is 6.09. The predicted molar refractivity (Wildman–Crippen MR) is 37.7 cm³/mol. The Bertz CT molecular complexity index is 208. The van der Waals surface area contributed by atoms with E-state index in [-0.39, 0.29) is 5.78 Å². The van der Waals surface area contributed by atoms with E-state index >= 15 is 0 Å². The lowest BCUT2D eigenvalue weighted by Crippen LogP contribution is -1.98. The molecule has 0 fully saturated rings. The lowest BCUT2D eigenvalue weighted by molar-refractivity contribution is -0.110. The molecule has 0 N–H and O–H groups in total. The first kappa shape index (κ1) is 6.74. The highest BCUT2D eigenvalue weighted by molar-refractivity contribution is 6.16. The van der Waals surface area contributed by atoms with Gasteiger partial charge in [0.1, 0.15) is 12.8 Å². The van der Waals surface area contributed by atoms with Crippen LogP contribution in [0.15, 0.2) is 29.5 Å². The molecule has 0 atom stereocenters. The lowest BCUT2D eigenvalue weighted by Gasteiger charge is -1.95. The molecule has 0 radical (unpaired) electrons. The Kier molecular flexibility index (Phi) is 1.99. The molecular formula is C7H7NO2. The molecule has 0 aromatic carbocycles. The Morgan fingerprint density at radius 1 is 1.30 bits per heavy atom. The first-order chi connectivity index (χ1) is 4.83. The summed E-state index contributed by atoms with van der Waals surface area (Å²) in [4.78, 5) is 15.0. The van der Waals surface area contributed by atoms with E-state index < -0.39 is 0 Å². The van der Waals surface area contributed by atoms with Gasteiger partial charge < -0.3 is 4.84 Å². The third kappa shape index (κ3) is 1.55. The zero-order valence-electron chi connectivity index (χ0n) is 5.57. The second-order valence-corrected chi connectivity index (χ2v) is 1.77. The van der Waals surface area contributed by atoms with Crippen LogP contribution in [0.1, 0.15) is 0 Å². The number of ketones is 1. The number of oxime groups is 1. The molecule has 0 unspecified atom stereocenters. The maximum atomic E-state index is 10.5. The van der Waals surface area contributed by atoms with E-state index in [2.05, 4.69) is 9.99 Å². The van der Waals surface area contributed by atoms with Gasteiger partial charge in [-0.05, 0) is 24.3 Å². The molecular weight excluding hydrogens is 130 g/mol. The van der Waals surface area contributed by atoms with Gasteiger partial charge >= 0.3 is 0 Å². The smallest absolute Gasteiger partial charge is 0.178 e. The molecule has 0 aromatic rings.